The highest BCUT2D eigenvalue weighted by Crippen LogP contribution is 2.29. The van der Waals surface area contributed by atoms with Crippen molar-refractivity contribution in [2.24, 2.45) is 0 Å². The number of carboxylic acid groups (broad SMARTS) is 1. The Hall–Kier alpha value is -2.19. The van der Waals surface area contributed by atoms with E-state index in [-0.39, 0.29) is 13.2 Å². The van der Waals surface area contributed by atoms with Crippen LogP contribution in [0.3, 0.4) is 0 Å². The van der Waals surface area contributed by atoms with E-state index in [4.69, 9.17) is 14.6 Å². The minimum Gasteiger partial charge on any atom is -0.480 e. The lowest BCUT2D eigenvalue weighted by atomic mass is 10.2. The molecule has 1 aromatic heterocycles. The first-order valence-corrected chi connectivity index (χ1v) is 7.74. The Morgan fingerprint density at radius 2 is 2.09 bits per heavy atom. The number of anilines is 1. The molecule has 0 fully saturated rings. The van der Waals surface area contributed by atoms with Gasteiger partial charge in [-0.3, -0.25) is 5.32 Å². The number of ether oxygens (including phenoxy) is 2. The largest absolute Gasteiger partial charge is 0.480 e. The van der Waals surface area contributed by atoms with Gasteiger partial charge >= 0.3 is 12.1 Å². The summed E-state index contributed by atoms with van der Waals surface area (Å²) in [5.74, 6) is -1.03. The molecule has 0 saturated carbocycles. The number of rotatable bonds is 5. The molecular formula is C15H18N2O5S. The van der Waals surface area contributed by atoms with Crippen molar-refractivity contribution < 1.29 is 24.2 Å². The summed E-state index contributed by atoms with van der Waals surface area (Å²) in [6.45, 7) is 5.11. The minimum atomic E-state index is -1.03. The molecule has 0 aliphatic carbocycles. The first-order valence-electron chi connectivity index (χ1n) is 6.92. The minimum absolute atomic E-state index is 0.138. The van der Waals surface area contributed by atoms with Gasteiger partial charge in [-0.2, -0.15) is 0 Å². The van der Waals surface area contributed by atoms with E-state index in [2.05, 4.69) is 10.3 Å². The van der Waals surface area contributed by atoms with Gasteiger partial charge in [-0.1, -0.05) is 23.5 Å². The molecule has 0 atom stereocenters. The Morgan fingerprint density at radius 3 is 2.74 bits per heavy atom. The van der Waals surface area contributed by atoms with Crippen LogP contribution < -0.4 is 5.32 Å². The molecule has 2 aromatic rings. The van der Waals surface area contributed by atoms with Crippen LogP contribution in [0.2, 0.25) is 0 Å². The van der Waals surface area contributed by atoms with E-state index in [0.717, 1.165) is 10.3 Å². The summed E-state index contributed by atoms with van der Waals surface area (Å²) in [6.07, 6.45) is -0.569. The molecule has 0 aliphatic rings. The number of carboxylic acids is 1. The van der Waals surface area contributed by atoms with E-state index in [0.29, 0.717) is 10.6 Å². The first-order chi connectivity index (χ1) is 10.7. The SMILES string of the molecule is CC(C)(C)OC(=O)Nc1nc2c(COCC(=O)O)cccc2s1. The van der Waals surface area contributed by atoms with E-state index >= 15 is 0 Å². The van der Waals surface area contributed by atoms with Crippen molar-refractivity contribution in [2.75, 3.05) is 11.9 Å². The van der Waals surface area contributed by atoms with Crippen molar-refractivity contribution in [3.63, 3.8) is 0 Å². The van der Waals surface area contributed by atoms with E-state index < -0.39 is 17.7 Å². The number of carbonyl (C=O) groups excluding carboxylic acids is 1. The molecule has 1 aromatic carbocycles. The second kappa shape index (κ2) is 6.93. The van der Waals surface area contributed by atoms with Gasteiger partial charge in [0.25, 0.3) is 0 Å². The van der Waals surface area contributed by atoms with Crippen LogP contribution in [0.1, 0.15) is 26.3 Å². The Morgan fingerprint density at radius 1 is 1.35 bits per heavy atom. The molecule has 124 valence electrons. The third-order valence-electron chi connectivity index (χ3n) is 2.59. The topological polar surface area (TPSA) is 97.8 Å². The fraction of sp³-hybridized carbons (Fsp3) is 0.400. The summed E-state index contributed by atoms with van der Waals surface area (Å²) < 4.78 is 11.2. The highest BCUT2D eigenvalue weighted by Gasteiger charge is 2.18. The highest BCUT2D eigenvalue weighted by molar-refractivity contribution is 7.22. The second-order valence-electron chi connectivity index (χ2n) is 5.80. The molecule has 2 rings (SSSR count). The zero-order valence-electron chi connectivity index (χ0n) is 13.1. The number of nitrogens with one attached hydrogen (secondary N) is 1. The summed E-state index contributed by atoms with van der Waals surface area (Å²) in [5.41, 5.74) is 0.850. The van der Waals surface area contributed by atoms with Crippen molar-refractivity contribution in [2.45, 2.75) is 33.0 Å². The van der Waals surface area contributed by atoms with E-state index in [1.54, 1.807) is 26.8 Å². The highest BCUT2D eigenvalue weighted by atomic mass is 32.1. The van der Waals surface area contributed by atoms with Crippen LogP contribution in [0.25, 0.3) is 10.2 Å². The maximum absolute atomic E-state index is 11.8. The number of carbonyl (C=O) groups is 2. The number of thiazole rings is 1. The van der Waals surface area contributed by atoms with Crippen molar-refractivity contribution >= 4 is 38.7 Å². The van der Waals surface area contributed by atoms with Crippen LogP contribution in [0.5, 0.6) is 0 Å². The van der Waals surface area contributed by atoms with Crippen molar-refractivity contribution in [3.05, 3.63) is 23.8 Å². The molecule has 23 heavy (non-hydrogen) atoms. The van der Waals surface area contributed by atoms with Crippen LogP contribution in [-0.2, 0) is 20.9 Å². The first kappa shape index (κ1) is 17.2. The van der Waals surface area contributed by atoms with Crippen molar-refractivity contribution in [3.8, 4) is 0 Å². The van der Waals surface area contributed by atoms with Gasteiger partial charge < -0.3 is 14.6 Å². The molecular weight excluding hydrogens is 320 g/mol. The zero-order chi connectivity index (χ0) is 17.0. The fourth-order valence-electron chi connectivity index (χ4n) is 1.81. The molecule has 0 aliphatic heterocycles. The quantitative estimate of drug-likeness (QED) is 0.868. The second-order valence-corrected chi connectivity index (χ2v) is 6.83. The van der Waals surface area contributed by atoms with Gasteiger partial charge in [0.1, 0.15) is 12.2 Å². The van der Waals surface area contributed by atoms with Crippen molar-refractivity contribution in [1.82, 2.24) is 4.98 Å². The summed E-state index contributed by atoms with van der Waals surface area (Å²) >= 11 is 1.31. The summed E-state index contributed by atoms with van der Waals surface area (Å²) in [7, 11) is 0. The standard InChI is InChI=1S/C15H18N2O5S/c1-15(2,3)22-14(20)17-13-16-12-9(7-21-8-11(18)19)5-4-6-10(12)23-13/h4-6H,7-8H2,1-3H3,(H,18,19)(H,16,17,20). The van der Waals surface area contributed by atoms with Gasteiger partial charge in [0.05, 0.1) is 16.8 Å². The van der Waals surface area contributed by atoms with Gasteiger partial charge in [-0.15, -0.1) is 0 Å². The third kappa shape index (κ3) is 5.19. The summed E-state index contributed by atoms with van der Waals surface area (Å²) in [6, 6.07) is 5.51. The number of hydrogen-bond donors (Lipinski definition) is 2. The molecule has 8 heteroatoms. The van der Waals surface area contributed by atoms with E-state index in [9.17, 15) is 9.59 Å². The number of benzene rings is 1. The Labute approximate surface area is 137 Å². The van der Waals surface area contributed by atoms with Crippen molar-refractivity contribution in [1.29, 1.82) is 0 Å². The number of hydrogen-bond acceptors (Lipinski definition) is 6. The summed E-state index contributed by atoms with van der Waals surface area (Å²) in [5, 5.41) is 11.6. The van der Waals surface area contributed by atoms with Gasteiger partial charge in [-0.25, -0.2) is 14.6 Å². The number of aliphatic carboxylic acids is 1. The summed E-state index contributed by atoms with van der Waals surface area (Å²) in [4.78, 5) is 26.6. The molecule has 0 bridgehead atoms. The maximum atomic E-state index is 11.8. The molecule has 0 spiro atoms. The van der Waals surface area contributed by atoms with Gasteiger partial charge in [0.2, 0.25) is 0 Å². The molecule has 0 unspecified atom stereocenters. The smallest absolute Gasteiger partial charge is 0.413 e. The monoisotopic (exact) mass is 338 g/mol. The third-order valence-corrected chi connectivity index (χ3v) is 3.53. The van der Waals surface area contributed by atoms with Crippen LogP contribution in [0, 0.1) is 0 Å². The zero-order valence-corrected chi connectivity index (χ0v) is 13.9. The van der Waals surface area contributed by atoms with Crippen LogP contribution >= 0.6 is 11.3 Å². The predicted octanol–water partition coefficient (Wildman–Crippen LogP) is 3.24. The Kier molecular flexibility index (Phi) is 5.17. The molecule has 0 radical (unpaired) electrons. The number of para-hydroxylation sites is 1. The normalized spacial score (nSPS) is 11.4. The lowest BCUT2D eigenvalue weighted by molar-refractivity contribution is -0.142. The molecule has 7 nitrogen and oxygen atoms in total. The van der Waals surface area contributed by atoms with Gasteiger partial charge in [-0.05, 0) is 26.8 Å². The number of fused-ring (bicyclic) bond motifs is 1. The Bertz CT molecular complexity index is 720. The maximum Gasteiger partial charge on any atom is 0.413 e. The van der Waals surface area contributed by atoms with E-state index in [1.165, 1.54) is 11.3 Å². The number of aromatic nitrogens is 1. The lowest BCUT2D eigenvalue weighted by Gasteiger charge is -2.18. The van der Waals surface area contributed by atoms with Gasteiger partial charge in [0.15, 0.2) is 5.13 Å². The van der Waals surface area contributed by atoms with Crippen LogP contribution in [-0.4, -0.2) is 34.4 Å². The number of nitrogens with zero attached hydrogens (tertiary/aromatic N) is 1. The molecule has 1 heterocycles. The molecule has 1 amide bonds. The predicted molar refractivity (Wildman–Crippen MR) is 86.8 cm³/mol. The fourth-order valence-corrected chi connectivity index (χ4v) is 2.71. The van der Waals surface area contributed by atoms with E-state index in [1.807, 2.05) is 12.1 Å². The average molecular weight is 338 g/mol. The Balaban J connectivity index is 2.12. The lowest BCUT2D eigenvalue weighted by Crippen LogP contribution is -2.27. The van der Waals surface area contributed by atoms with Crippen LogP contribution in [0.4, 0.5) is 9.93 Å². The molecule has 0 saturated heterocycles. The van der Waals surface area contributed by atoms with Gasteiger partial charge in [0, 0.05) is 5.56 Å². The van der Waals surface area contributed by atoms with Crippen LogP contribution in [0.15, 0.2) is 18.2 Å². The molecule has 2 N–H and O–H groups in total. The number of amides is 1. The average Bonchev–Trinajstić information content (AvgIpc) is 2.78.